The molecule has 0 aromatic heterocycles. The number of ketones is 1. The van der Waals surface area contributed by atoms with Crippen molar-refractivity contribution in [1.82, 2.24) is 4.90 Å². The predicted octanol–water partition coefficient (Wildman–Crippen LogP) is 4.27. The van der Waals surface area contributed by atoms with E-state index in [1.54, 1.807) is 0 Å². The van der Waals surface area contributed by atoms with Crippen LogP contribution in [0.3, 0.4) is 0 Å². The Kier molecular flexibility index (Phi) is 5.13. The molecule has 1 saturated heterocycles. The highest BCUT2D eigenvalue weighted by Crippen LogP contribution is 2.64. The van der Waals surface area contributed by atoms with Crippen LogP contribution in [0.2, 0.25) is 0 Å². The Morgan fingerprint density at radius 1 is 1.03 bits per heavy atom. The van der Waals surface area contributed by atoms with Gasteiger partial charge in [-0.15, -0.1) is 0 Å². The fourth-order valence-corrected chi connectivity index (χ4v) is 9.14. The van der Waals surface area contributed by atoms with Gasteiger partial charge in [0.1, 0.15) is 0 Å². The summed E-state index contributed by atoms with van der Waals surface area (Å²) in [5.41, 5.74) is -0.463. The number of carbonyl (C=O) groups excluding carboxylic acids is 3. The lowest BCUT2D eigenvalue weighted by Gasteiger charge is -2.56. The molecule has 8 atom stereocenters. The SMILES string of the molecule is C[C@@]1(O)CC[C@H]2[C@H](CC[C@@H]3[C@@H]2CC[C@]2(C)[C@@H](C(=O)CN4C(=O)CSC4=O)CC[C@@H]32)C1. The molecule has 1 N–H and O–H groups in total. The number of imide groups is 1. The van der Waals surface area contributed by atoms with Crippen molar-refractivity contribution < 1.29 is 19.5 Å². The van der Waals surface area contributed by atoms with Crippen LogP contribution in [0.1, 0.15) is 71.6 Å². The predicted molar refractivity (Wildman–Crippen MR) is 116 cm³/mol. The van der Waals surface area contributed by atoms with Gasteiger partial charge in [0.25, 0.3) is 5.24 Å². The molecule has 6 heteroatoms. The van der Waals surface area contributed by atoms with Crippen molar-refractivity contribution in [1.29, 1.82) is 0 Å². The zero-order chi connectivity index (χ0) is 21.3. The fourth-order valence-electron chi connectivity index (χ4n) is 8.41. The Hall–Kier alpha value is -0.880. The quantitative estimate of drug-likeness (QED) is 0.719. The molecule has 1 aliphatic heterocycles. The van der Waals surface area contributed by atoms with Crippen LogP contribution in [0.4, 0.5) is 4.79 Å². The largest absolute Gasteiger partial charge is 0.390 e. The third-order valence-corrected chi connectivity index (χ3v) is 10.6. The molecule has 5 rings (SSSR count). The standard InChI is InChI=1S/C24H35NO4S/c1-23(29)9-7-15-14(11-23)3-4-17-16(15)8-10-24(2)18(17)5-6-19(24)20(26)12-25-21(27)13-30-22(25)28/h14-19,29H,3-13H2,1-2H3/t14-,15+,16-,17-,18+,19-,23-,24+/m1/s1. The summed E-state index contributed by atoms with van der Waals surface area (Å²) in [7, 11) is 0. The second-order valence-corrected chi connectivity index (χ2v) is 12.3. The number of fused-ring (bicyclic) bond motifs is 5. The molecule has 1 heterocycles. The Bertz CT molecular complexity index is 750. The van der Waals surface area contributed by atoms with E-state index in [9.17, 15) is 19.5 Å². The minimum atomic E-state index is -0.481. The van der Waals surface area contributed by atoms with Crippen LogP contribution in [0.25, 0.3) is 0 Å². The van der Waals surface area contributed by atoms with Crippen molar-refractivity contribution in [3.8, 4) is 0 Å². The van der Waals surface area contributed by atoms with Gasteiger partial charge in [-0.1, -0.05) is 18.7 Å². The van der Waals surface area contributed by atoms with E-state index in [1.165, 1.54) is 24.2 Å². The maximum Gasteiger partial charge on any atom is 0.289 e. The van der Waals surface area contributed by atoms with E-state index < -0.39 is 5.60 Å². The number of nitrogens with zero attached hydrogens (tertiary/aromatic N) is 1. The zero-order valence-electron chi connectivity index (χ0n) is 18.3. The number of thioether (sulfide) groups is 1. The van der Waals surface area contributed by atoms with E-state index in [0.717, 1.165) is 62.1 Å². The lowest BCUT2D eigenvalue weighted by Crippen LogP contribution is -2.51. The molecule has 30 heavy (non-hydrogen) atoms. The molecular formula is C24H35NO4S. The highest BCUT2D eigenvalue weighted by atomic mass is 32.2. The molecule has 166 valence electrons. The van der Waals surface area contributed by atoms with Crippen molar-refractivity contribution in [2.45, 2.75) is 77.2 Å². The minimum absolute atomic E-state index is 0.0144. The number of aliphatic hydroxyl groups is 1. The molecule has 0 bridgehead atoms. The highest BCUT2D eigenvalue weighted by molar-refractivity contribution is 8.14. The first-order valence-corrected chi connectivity index (χ1v) is 12.9. The molecule has 5 fully saturated rings. The Balaban J connectivity index is 1.30. The lowest BCUT2D eigenvalue weighted by atomic mass is 9.49. The number of hydrogen-bond acceptors (Lipinski definition) is 5. The van der Waals surface area contributed by atoms with Crippen LogP contribution in [0, 0.1) is 40.9 Å². The first-order chi connectivity index (χ1) is 14.2. The normalized spacial score (nSPS) is 48.3. The van der Waals surface area contributed by atoms with E-state index in [0.29, 0.717) is 17.8 Å². The van der Waals surface area contributed by atoms with Gasteiger partial charge in [0.2, 0.25) is 5.91 Å². The third kappa shape index (κ3) is 3.28. The van der Waals surface area contributed by atoms with Crippen LogP contribution in [-0.4, -0.2) is 44.8 Å². The molecule has 0 unspecified atom stereocenters. The van der Waals surface area contributed by atoms with Gasteiger partial charge in [-0.2, -0.15) is 0 Å². The summed E-state index contributed by atoms with van der Waals surface area (Å²) in [6, 6.07) is 0. The summed E-state index contributed by atoms with van der Waals surface area (Å²) in [5, 5.41) is 10.3. The topological polar surface area (TPSA) is 74.7 Å². The van der Waals surface area contributed by atoms with Gasteiger partial charge in [0, 0.05) is 5.92 Å². The van der Waals surface area contributed by atoms with Crippen LogP contribution >= 0.6 is 11.8 Å². The minimum Gasteiger partial charge on any atom is -0.390 e. The molecule has 4 saturated carbocycles. The van der Waals surface area contributed by atoms with Crippen molar-refractivity contribution in [2.75, 3.05) is 12.3 Å². The Labute approximate surface area is 183 Å². The van der Waals surface area contributed by atoms with E-state index in [2.05, 4.69) is 6.92 Å². The van der Waals surface area contributed by atoms with Gasteiger partial charge in [0.15, 0.2) is 5.78 Å². The van der Waals surface area contributed by atoms with Gasteiger partial charge in [-0.25, -0.2) is 0 Å². The second kappa shape index (κ2) is 7.33. The van der Waals surface area contributed by atoms with Crippen molar-refractivity contribution in [3.63, 3.8) is 0 Å². The molecule has 5 aliphatic rings. The first kappa shape index (κ1) is 21.0. The molecule has 0 aromatic rings. The average molecular weight is 434 g/mol. The van der Waals surface area contributed by atoms with Gasteiger partial charge >= 0.3 is 0 Å². The molecular weight excluding hydrogens is 398 g/mol. The maximum atomic E-state index is 13.2. The molecule has 2 amide bonds. The number of hydrogen-bond donors (Lipinski definition) is 1. The number of amides is 2. The zero-order valence-corrected chi connectivity index (χ0v) is 19.1. The molecule has 0 radical (unpaired) electrons. The molecule has 4 aliphatic carbocycles. The van der Waals surface area contributed by atoms with Gasteiger partial charge in [-0.3, -0.25) is 19.3 Å². The summed E-state index contributed by atoms with van der Waals surface area (Å²) >= 11 is 1.01. The number of Topliss-reactive ketones (excluding diaryl/α,β-unsaturated/α-hetero) is 1. The summed E-state index contributed by atoms with van der Waals surface area (Å²) in [5.74, 6) is 3.52. The highest BCUT2D eigenvalue weighted by Gasteiger charge is 2.59. The van der Waals surface area contributed by atoms with Crippen LogP contribution < -0.4 is 0 Å². The van der Waals surface area contributed by atoms with Crippen molar-refractivity contribution in [3.05, 3.63) is 0 Å². The fraction of sp³-hybridized carbons (Fsp3) is 0.875. The molecule has 5 nitrogen and oxygen atoms in total. The first-order valence-electron chi connectivity index (χ1n) is 11.9. The van der Waals surface area contributed by atoms with E-state index in [4.69, 9.17) is 0 Å². The molecule has 0 spiro atoms. The van der Waals surface area contributed by atoms with E-state index in [1.807, 2.05) is 6.92 Å². The van der Waals surface area contributed by atoms with Crippen LogP contribution in [-0.2, 0) is 9.59 Å². The van der Waals surface area contributed by atoms with Crippen molar-refractivity contribution in [2.24, 2.45) is 40.9 Å². The Morgan fingerprint density at radius 2 is 1.80 bits per heavy atom. The van der Waals surface area contributed by atoms with Crippen LogP contribution in [0.15, 0.2) is 0 Å². The van der Waals surface area contributed by atoms with Gasteiger partial charge in [0.05, 0.1) is 17.9 Å². The summed E-state index contributed by atoms with van der Waals surface area (Å²) < 4.78 is 0. The number of rotatable bonds is 3. The summed E-state index contributed by atoms with van der Waals surface area (Å²) in [6.45, 7) is 4.31. The lowest BCUT2D eigenvalue weighted by molar-refractivity contribution is -0.136. The molecule has 0 aromatic carbocycles. The average Bonchev–Trinajstić information content (AvgIpc) is 3.20. The van der Waals surface area contributed by atoms with Crippen molar-refractivity contribution >= 4 is 28.7 Å². The third-order valence-electron chi connectivity index (χ3n) is 9.78. The van der Waals surface area contributed by atoms with E-state index >= 15 is 0 Å². The second-order valence-electron chi connectivity index (χ2n) is 11.4. The van der Waals surface area contributed by atoms with Crippen LogP contribution in [0.5, 0.6) is 0 Å². The van der Waals surface area contributed by atoms with Gasteiger partial charge in [-0.05, 0) is 99.7 Å². The summed E-state index contributed by atoms with van der Waals surface area (Å²) in [4.78, 5) is 38.3. The van der Waals surface area contributed by atoms with Gasteiger partial charge < -0.3 is 5.11 Å². The Morgan fingerprint density at radius 3 is 2.53 bits per heavy atom. The van der Waals surface area contributed by atoms with E-state index in [-0.39, 0.29) is 40.6 Å². The smallest absolute Gasteiger partial charge is 0.289 e. The number of carbonyl (C=O) groups is 3. The monoisotopic (exact) mass is 433 g/mol. The maximum absolute atomic E-state index is 13.2. The summed E-state index contributed by atoms with van der Waals surface area (Å²) in [6.07, 6.45) is 9.81.